The first-order valence-electron chi connectivity index (χ1n) is 5.98. The van der Waals surface area contributed by atoms with Crippen molar-refractivity contribution in [1.82, 2.24) is 11.0 Å². The average Bonchev–Trinajstić information content (AvgIpc) is 2.35. The zero-order chi connectivity index (χ0) is 16.1. The van der Waals surface area contributed by atoms with Crippen molar-refractivity contribution in [3.8, 4) is 0 Å². The van der Waals surface area contributed by atoms with Crippen LogP contribution in [0.5, 0.6) is 0 Å². The van der Waals surface area contributed by atoms with Gasteiger partial charge in [-0.15, -0.1) is 0 Å². The van der Waals surface area contributed by atoms with Crippen LogP contribution in [-0.4, -0.2) is 26.3 Å². The molecule has 0 rings (SSSR count). The Morgan fingerprint density at radius 2 is 1.05 bits per heavy atom. The number of nitrogens with one attached hydrogen (secondary N) is 2. The van der Waals surface area contributed by atoms with Gasteiger partial charge in [0.1, 0.15) is 0 Å². The number of hydrogen-bond acceptors (Lipinski definition) is 10. The Balaban J connectivity index is -0.000000135. The fourth-order valence-corrected chi connectivity index (χ4v) is 1.97. The molecule has 0 radical (unpaired) electrons. The summed E-state index contributed by atoms with van der Waals surface area (Å²) in [5.41, 5.74) is 4.35. The average molecular weight is 414 g/mol. The summed E-state index contributed by atoms with van der Waals surface area (Å²) in [5, 5.41) is 0. The summed E-state index contributed by atoms with van der Waals surface area (Å²) in [4.78, 5) is 21.0. The van der Waals surface area contributed by atoms with Gasteiger partial charge in [0, 0.05) is 13.1 Å². The Bertz CT molecular complexity index is 297. The first-order valence-corrected chi connectivity index (χ1v) is 8.90. The molecule has 0 aromatic carbocycles. The number of hydrogen-bond donors (Lipinski definition) is 2. The molecule has 14 heteroatoms. The number of phosphoric acid groups is 2. The maximum atomic E-state index is 10.5. The van der Waals surface area contributed by atoms with E-state index >= 15 is 0 Å². The molecule has 2 unspecified atom stereocenters. The third-order valence-electron chi connectivity index (χ3n) is 1.22. The Hall–Kier alpha value is 3.41. The molecule has 0 aliphatic rings. The quantitative estimate of drug-likeness (QED) is 0.202. The molecule has 0 bridgehead atoms. The topological polar surface area (TPSA) is 141 Å². The number of rotatable bonds is 10. The van der Waals surface area contributed by atoms with Crippen LogP contribution in [0.2, 0.25) is 0 Å². The van der Waals surface area contributed by atoms with Gasteiger partial charge in [-0.3, -0.25) is 9.13 Å². The van der Waals surface area contributed by atoms with E-state index in [0.29, 0.717) is 13.1 Å². The summed E-state index contributed by atoms with van der Waals surface area (Å²) < 4.78 is 37.8. The molecule has 0 amide bonds. The summed E-state index contributed by atoms with van der Waals surface area (Å²) in [6.45, 7) is 7.58. The van der Waals surface area contributed by atoms with E-state index in [1.165, 1.54) is 0 Å². The maximum Gasteiger partial charge on any atom is 1.00 e. The van der Waals surface area contributed by atoms with Gasteiger partial charge in [0.15, 0.2) is 0 Å². The van der Waals surface area contributed by atoms with Crippen LogP contribution in [0.15, 0.2) is 0 Å². The second kappa shape index (κ2) is 20.7. The predicted molar refractivity (Wildman–Crippen MR) is 68.0 cm³/mol. The van der Waals surface area contributed by atoms with Crippen LogP contribution in [0.3, 0.4) is 0 Å². The second-order valence-electron chi connectivity index (χ2n) is 2.91. The van der Waals surface area contributed by atoms with Crippen molar-refractivity contribution in [2.75, 3.05) is 26.3 Å². The minimum Gasteiger partial charge on any atom is -0.755 e. The van der Waals surface area contributed by atoms with Gasteiger partial charge in [0.25, 0.3) is 15.6 Å². The first-order chi connectivity index (χ1) is 9.24. The first kappa shape index (κ1) is 33.0. The largest absolute Gasteiger partial charge is 1.00 e. The molecule has 0 fully saturated rings. The maximum absolute atomic E-state index is 10.5. The molecule has 0 spiro atoms. The molecule has 2 atom stereocenters. The SMILES string of the molecule is CCNOP(=O)([O-])OCC.CCNOP(=O)([O-])OCC.[K+].[K+]. The summed E-state index contributed by atoms with van der Waals surface area (Å²) in [6.07, 6.45) is 0. The van der Waals surface area contributed by atoms with Gasteiger partial charge in [-0.05, 0) is 13.8 Å². The standard InChI is InChI=1S/2C4H12NO4P.2K/c2*1-3-5-9-10(6,7)8-4-2;;/h2*5H,3-4H2,1-2H3,(H,6,7);;/q;;2*+1/p-2. The molecule has 0 aromatic heterocycles. The van der Waals surface area contributed by atoms with Crippen LogP contribution in [0.4, 0.5) is 0 Å². The van der Waals surface area contributed by atoms with E-state index in [1.807, 2.05) is 0 Å². The molecule has 0 heterocycles. The molecule has 10 nitrogen and oxygen atoms in total. The van der Waals surface area contributed by atoms with Crippen molar-refractivity contribution in [2.45, 2.75) is 27.7 Å². The zero-order valence-electron chi connectivity index (χ0n) is 14.0. The monoisotopic (exact) mass is 414 g/mol. The van der Waals surface area contributed by atoms with Crippen LogP contribution < -0.4 is 124 Å². The summed E-state index contributed by atoms with van der Waals surface area (Å²) in [7, 11) is -8.14. The predicted octanol–water partition coefficient (Wildman–Crippen LogP) is -5.93. The Morgan fingerprint density at radius 1 is 0.773 bits per heavy atom. The molecule has 0 saturated carbocycles. The van der Waals surface area contributed by atoms with Crippen molar-refractivity contribution in [3.63, 3.8) is 0 Å². The van der Waals surface area contributed by atoms with Gasteiger partial charge >= 0.3 is 103 Å². The fourth-order valence-electron chi connectivity index (χ4n) is 0.656. The van der Waals surface area contributed by atoms with Crippen molar-refractivity contribution in [2.24, 2.45) is 0 Å². The number of hydroxylamine groups is 2. The molecule has 2 N–H and O–H groups in total. The molecule has 0 saturated heterocycles. The molecule has 22 heavy (non-hydrogen) atoms. The molecular formula is C8H22K2N2O8P2. The van der Waals surface area contributed by atoms with Gasteiger partial charge in [-0.25, -0.2) is 9.25 Å². The normalized spacial score (nSPS) is 15.2. The smallest absolute Gasteiger partial charge is 0.755 e. The third-order valence-corrected chi connectivity index (χ3v) is 3.07. The molecule has 0 aliphatic heterocycles. The van der Waals surface area contributed by atoms with Crippen molar-refractivity contribution < 1.29 is 140 Å². The Morgan fingerprint density at radius 3 is 1.23 bits per heavy atom. The van der Waals surface area contributed by atoms with E-state index in [9.17, 15) is 18.9 Å². The third kappa shape index (κ3) is 25.7. The Kier molecular flexibility index (Phi) is 31.1. The molecule has 124 valence electrons. The van der Waals surface area contributed by atoms with Crippen LogP contribution in [0.1, 0.15) is 27.7 Å². The van der Waals surface area contributed by atoms with E-state index in [-0.39, 0.29) is 116 Å². The number of phosphoric ester groups is 2. The zero-order valence-corrected chi connectivity index (χ0v) is 22.0. The second-order valence-corrected chi connectivity index (χ2v) is 5.58. The van der Waals surface area contributed by atoms with Crippen molar-refractivity contribution in [3.05, 3.63) is 0 Å². The van der Waals surface area contributed by atoms with Crippen molar-refractivity contribution >= 4 is 15.6 Å². The van der Waals surface area contributed by atoms with E-state index in [0.717, 1.165) is 0 Å². The van der Waals surface area contributed by atoms with Gasteiger partial charge in [-0.1, -0.05) is 13.8 Å². The van der Waals surface area contributed by atoms with Gasteiger partial charge < -0.3 is 18.8 Å². The minimum absolute atomic E-state index is 0. The van der Waals surface area contributed by atoms with E-state index in [1.54, 1.807) is 27.7 Å². The van der Waals surface area contributed by atoms with Crippen LogP contribution in [0, 0.1) is 0 Å². The van der Waals surface area contributed by atoms with Crippen LogP contribution >= 0.6 is 15.6 Å². The van der Waals surface area contributed by atoms with Gasteiger partial charge in [0.05, 0.1) is 13.2 Å². The molecular weight excluding hydrogens is 392 g/mol. The molecule has 0 aromatic rings. The van der Waals surface area contributed by atoms with Gasteiger partial charge in [-0.2, -0.15) is 11.0 Å². The van der Waals surface area contributed by atoms with E-state index < -0.39 is 15.6 Å². The summed E-state index contributed by atoms with van der Waals surface area (Å²) >= 11 is 0. The van der Waals surface area contributed by atoms with Crippen molar-refractivity contribution in [1.29, 1.82) is 0 Å². The Labute approximate surface area is 216 Å². The van der Waals surface area contributed by atoms with Crippen LogP contribution in [0.25, 0.3) is 0 Å². The van der Waals surface area contributed by atoms with E-state index in [4.69, 9.17) is 0 Å². The van der Waals surface area contributed by atoms with Gasteiger partial charge in [0.2, 0.25) is 0 Å². The van der Waals surface area contributed by atoms with E-state index in [2.05, 4.69) is 29.3 Å². The summed E-state index contributed by atoms with van der Waals surface area (Å²) in [6, 6.07) is 0. The molecule has 0 aliphatic carbocycles. The summed E-state index contributed by atoms with van der Waals surface area (Å²) in [5.74, 6) is 0. The minimum atomic E-state index is -4.07. The fraction of sp³-hybridized carbons (Fsp3) is 1.00. The van der Waals surface area contributed by atoms with Crippen LogP contribution in [-0.2, 0) is 27.4 Å².